The summed E-state index contributed by atoms with van der Waals surface area (Å²) in [5.41, 5.74) is 2.51. The van der Waals surface area contributed by atoms with Crippen molar-refractivity contribution in [1.29, 1.82) is 0 Å². The Balaban J connectivity index is 1.69. The summed E-state index contributed by atoms with van der Waals surface area (Å²) >= 11 is 0. The average Bonchev–Trinajstić information content (AvgIpc) is 2.65. The van der Waals surface area contributed by atoms with E-state index in [0.29, 0.717) is 5.56 Å². The van der Waals surface area contributed by atoms with Crippen LogP contribution in [0.15, 0.2) is 66.7 Å². The van der Waals surface area contributed by atoms with E-state index in [4.69, 9.17) is 0 Å². The standard InChI is InChI=1S/C22H24N2O2/c1-24(2)15-16-7-5-10-18(13-16)22(26)23-14-21(25)20-12-6-9-17-8-3-4-11-19(17)20/h3-13,21,25H,14-15H2,1-2H3,(H,23,26). The average molecular weight is 348 g/mol. The third kappa shape index (κ3) is 4.28. The van der Waals surface area contributed by atoms with Gasteiger partial charge in [-0.05, 0) is 48.1 Å². The zero-order valence-electron chi connectivity index (χ0n) is 15.1. The molecule has 1 amide bonds. The molecule has 0 saturated carbocycles. The summed E-state index contributed by atoms with van der Waals surface area (Å²) in [6.07, 6.45) is -0.755. The molecule has 1 atom stereocenters. The number of aliphatic hydroxyl groups is 1. The van der Waals surface area contributed by atoms with Crippen LogP contribution in [-0.2, 0) is 6.54 Å². The van der Waals surface area contributed by atoms with Crippen LogP contribution in [0.3, 0.4) is 0 Å². The molecule has 134 valence electrons. The summed E-state index contributed by atoms with van der Waals surface area (Å²) < 4.78 is 0. The summed E-state index contributed by atoms with van der Waals surface area (Å²) in [4.78, 5) is 14.5. The van der Waals surface area contributed by atoms with Gasteiger partial charge in [0.25, 0.3) is 5.91 Å². The number of carbonyl (C=O) groups is 1. The first kappa shape index (κ1) is 18.1. The third-order valence-electron chi connectivity index (χ3n) is 4.33. The number of aliphatic hydroxyl groups excluding tert-OH is 1. The molecule has 0 fully saturated rings. The van der Waals surface area contributed by atoms with Gasteiger partial charge in [-0.2, -0.15) is 0 Å². The smallest absolute Gasteiger partial charge is 0.251 e. The van der Waals surface area contributed by atoms with Crippen LogP contribution in [0.1, 0.15) is 27.6 Å². The van der Waals surface area contributed by atoms with Crippen LogP contribution in [0.25, 0.3) is 10.8 Å². The molecule has 0 aliphatic heterocycles. The lowest BCUT2D eigenvalue weighted by Gasteiger charge is -2.15. The minimum Gasteiger partial charge on any atom is -0.387 e. The van der Waals surface area contributed by atoms with Crippen molar-refractivity contribution in [2.45, 2.75) is 12.6 Å². The van der Waals surface area contributed by atoms with E-state index in [0.717, 1.165) is 28.4 Å². The van der Waals surface area contributed by atoms with E-state index in [9.17, 15) is 9.90 Å². The number of nitrogens with zero attached hydrogens (tertiary/aromatic N) is 1. The third-order valence-corrected chi connectivity index (χ3v) is 4.33. The van der Waals surface area contributed by atoms with E-state index < -0.39 is 6.10 Å². The molecule has 0 saturated heterocycles. The van der Waals surface area contributed by atoms with Crippen LogP contribution in [0.4, 0.5) is 0 Å². The molecule has 0 aliphatic carbocycles. The first-order chi connectivity index (χ1) is 12.5. The Labute approximate surface area is 154 Å². The van der Waals surface area contributed by atoms with Crippen molar-refractivity contribution in [3.63, 3.8) is 0 Å². The van der Waals surface area contributed by atoms with Crippen molar-refractivity contribution < 1.29 is 9.90 Å². The molecule has 3 aromatic carbocycles. The highest BCUT2D eigenvalue weighted by Crippen LogP contribution is 2.23. The molecule has 0 heterocycles. The maximum absolute atomic E-state index is 12.4. The minimum atomic E-state index is -0.755. The molecule has 4 heteroatoms. The number of benzene rings is 3. The Kier molecular flexibility index (Phi) is 5.66. The van der Waals surface area contributed by atoms with Crippen molar-refractivity contribution in [2.75, 3.05) is 20.6 Å². The van der Waals surface area contributed by atoms with Gasteiger partial charge in [-0.1, -0.05) is 54.6 Å². The number of hydrogen-bond donors (Lipinski definition) is 2. The van der Waals surface area contributed by atoms with Crippen molar-refractivity contribution in [1.82, 2.24) is 10.2 Å². The highest BCUT2D eigenvalue weighted by Gasteiger charge is 2.13. The lowest BCUT2D eigenvalue weighted by Crippen LogP contribution is -2.28. The fraction of sp³-hybridized carbons (Fsp3) is 0.227. The van der Waals surface area contributed by atoms with Gasteiger partial charge in [0, 0.05) is 18.7 Å². The Morgan fingerprint density at radius 3 is 2.58 bits per heavy atom. The number of amides is 1. The van der Waals surface area contributed by atoms with Gasteiger partial charge >= 0.3 is 0 Å². The Morgan fingerprint density at radius 2 is 1.77 bits per heavy atom. The number of carbonyl (C=O) groups excluding carboxylic acids is 1. The number of rotatable bonds is 6. The lowest BCUT2D eigenvalue weighted by atomic mass is 10.0. The first-order valence-electron chi connectivity index (χ1n) is 8.72. The monoisotopic (exact) mass is 348 g/mol. The highest BCUT2D eigenvalue weighted by atomic mass is 16.3. The van der Waals surface area contributed by atoms with Gasteiger partial charge in [0.05, 0.1) is 6.10 Å². The first-order valence-corrected chi connectivity index (χ1v) is 8.72. The summed E-state index contributed by atoms with van der Waals surface area (Å²) in [7, 11) is 3.99. The normalized spacial score (nSPS) is 12.3. The maximum Gasteiger partial charge on any atom is 0.251 e. The van der Waals surface area contributed by atoms with Gasteiger partial charge < -0.3 is 15.3 Å². The molecule has 4 nitrogen and oxygen atoms in total. The quantitative estimate of drug-likeness (QED) is 0.718. The van der Waals surface area contributed by atoms with Crippen LogP contribution in [0.2, 0.25) is 0 Å². The van der Waals surface area contributed by atoms with Gasteiger partial charge in [0.15, 0.2) is 0 Å². The van der Waals surface area contributed by atoms with E-state index in [2.05, 4.69) is 10.2 Å². The molecule has 26 heavy (non-hydrogen) atoms. The van der Waals surface area contributed by atoms with Crippen LogP contribution >= 0.6 is 0 Å². The largest absolute Gasteiger partial charge is 0.387 e. The zero-order chi connectivity index (χ0) is 18.5. The highest BCUT2D eigenvalue weighted by molar-refractivity contribution is 5.94. The van der Waals surface area contributed by atoms with Crippen LogP contribution in [0.5, 0.6) is 0 Å². The maximum atomic E-state index is 12.4. The summed E-state index contributed by atoms with van der Waals surface area (Å²) in [6.45, 7) is 0.949. The fourth-order valence-corrected chi connectivity index (χ4v) is 3.12. The van der Waals surface area contributed by atoms with E-state index >= 15 is 0 Å². The molecule has 2 N–H and O–H groups in total. The van der Waals surface area contributed by atoms with Crippen molar-refractivity contribution in [3.8, 4) is 0 Å². The molecule has 0 aliphatic rings. The van der Waals surface area contributed by atoms with Crippen molar-refractivity contribution >= 4 is 16.7 Å². The molecular formula is C22H24N2O2. The molecule has 0 aromatic heterocycles. The number of nitrogens with one attached hydrogen (secondary N) is 1. The topological polar surface area (TPSA) is 52.6 Å². The molecule has 3 aromatic rings. The molecule has 0 spiro atoms. The Bertz CT molecular complexity index is 900. The van der Waals surface area contributed by atoms with Crippen LogP contribution in [-0.4, -0.2) is 36.6 Å². The zero-order valence-corrected chi connectivity index (χ0v) is 15.1. The Hall–Kier alpha value is -2.69. The van der Waals surface area contributed by atoms with E-state index in [-0.39, 0.29) is 12.5 Å². The van der Waals surface area contributed by atoms with Gasteiger partial charge in [-0.3, -0.25) is 4.79 Å². The number of fused-ring (bicyclic) bond motifs is 1. The predicted octanol–water partition coefficient (Wildman–Crippen LogP) is 3.36. The molecule has 0 radical (unpaired) electrons. The second-order valence-corrected chi connectivity index (χ2v) is 6.73. The van der Waals surface area contributed by atoms with E-state index in [1.807, 2.05) is 74.8 Å². The summed E-state index contributed by atoms with van der Waals surface area (Å²) in [5.74, 6) is -0.176. The van der Waals surface area contributed by atoms with Gasteiger partial charge in [-0.25, -0.2) is 0 Å². The molecule has 1 unspecified atom stereocenters. The van der Waals surface area contributed by atoms with Crippen LogP contribution in [0, 0.1) is 0 Å². The van der Waals surface area contributed by atoms with E-state index in [1.165, 1.54) is 0 Å². The molecule has 0 bridgehead atoms. The summed E-state index contributed by atoms with van der Waals surface area (Å²) in [5, 5.41) is 15.5. The summed E-state index contributed by atoms with van der Waals surface area (Å²) in [6, 6.07) is 21.3. The fourth-order valence-electron chi connectivity index (χ4n) is 3.12. The van der Waals surface area contributed by atoms with Gasteiger partial charge in [0.2, 0.25) is 0 Å². The number of hydrogen-bond acceptors (Lipinski definition) is 3. The second-order valence-electron chi connectivity index (χ2n) is 6.73. The SMILES string of the molecule is CN(C)Cc1cccc(C(=O)NCC(O)c2cccc3ccccc23)c1. The second kappa shape index (κ2) is 8.13. The molecule has 3 rings (SSSR count). The van der Waals surface area contributed by atoms with E-state index in [1.54, 1.807) is 6.07 Å². The van der Waals surface area contributed by atoms with Crippen molar-refractivity contribution in [3.05, 3.63) is 83.4 Å². The van der Waals surface area contributed by atoms with Crippen LogP contribution < -0.4 is 5.32 Å². The van der Waals surface area contributed by atoms with Gasteiger partial charge in [0.1, 0.15) is 0 Å². The molecular weight excluding hydrogens is 324 g/mol. The predicted molar refractivity (Wildman–Crippen MR) is 105 cm³/mol. The van der Waals surface area contributed by atoms with Gasteiger partial charge in [-0.15, -0.1) is 0 Å². The minimum absolute atomic E-state index is 0.171. The lowest BCUT2D eigenvalue weighted by molar-refractivity contribution is 0.0917. The Morgan fingerprint density at radius 1 is 1.04 bits per heavy atom. The van der Waals surface area contributed by atoms with Crippen molar-refractivity contribution in [2.24, 2.45) is 0 Å².